The van der Waals surface area contributed by atoms with Crippen LogP contribution >= 0.6 is 27.5 Å². The first-order valence-corrected chi connectivity index (χ1v) is 5.03. The lowest BCUT2D eigenvalue weighted by molar-refractivity contribution is 0.150. The molecule has 0 unspecified atom stereocenters. The molecule has 6 heteroatoms. The minimum absolute atomic E-state index is 0.0366. The van der Waals surface area contributed by atoms with E-state index in [0.717, 1.165) is 6.07 Å². The summed E-state index contributed by atoms with van der Waals surface area (Å²) in [5, 5.41) is 8.68. The van der Waals surface area contributed by atoms with Gasteiger partial charge in [-0.3, -0.25) is 0 Å². The van der Waals surface area contributed by atoms with Crippen molar-refractivity contribution in [3.8, 4) is 6.07 Å². The predicted molar refractivity (Wildman–Crippen MR) is 51.6 cm³/mol. The predicted octanol–water partition coefficient (Wildman–Crippen LogP) is 3.44. The highest BCUT2D eigenvalue weighted by Crippen LogP contribution is 2.27. The molecule has 0 radical (unpaired) electrons. The van der Waals surface area contributed by atoms with E-state index >= 15 is 0 Å². The summed E-state index contributed by atoms with van der Waals surface area (Å²) in [6.07, 6.45) is -2.64. The van der Waals surface area contributed by atoms with Crippen LogP contribution in [0.2, 0.25) is 5.02 Å². The normalized spacial score (nSPS) is 10.3. The van der Waals surface area contributed by atoms with Gasteiger partial charge in [-0.2, -0.15) is 5.26 Å². The molecule has 0 saturated heterocycles. The highest BCUT2D eigenvalue weighted by atomic mass is 79.9. The van der Waals surface area contributed by atoms with E-state index in [1.54, 1.807) is 6.07 Å². The van der Waals surface area contributed by atoms with Gasteiger partial charge in [0.15, 0.2) is 5.69 Å². The molecule has 0 aliphatic rings. The SMILES string of the molecule is N#Cc1nc(CBr)c(C(F)F)cc1Cl. The molecule has 1 aromatic rings. The van der Waals surface area contributed by atoms with E-state index in [0.29, 0.717) is 0 Å². The Labute approximate surface area is 92.6 Å². The Morgan fingerprint density at radius 3 is 2.71 bits per heavy atom. The van der Waals surface area contributed by atoms with Crippen LogP contribution in [0, 0.1) is 11.3 Å². The molecule has 0 aliphatic carbocycles. The monoisotopic (exact) mass is 280 g/mol. The lowest BCUT2D eigenvalue weighted by Crippen LogP contribution is -1.99. The lowest BCUT2D eigenvalue weighted by atomic mass is 10.2. The maximum atomic E-state index is 12.4. The molecular formula is C8H4BrClF2N2. The van der Waals surface area contributed by atoms with Gasteiger partial charge in [0.1, 0.15) is 6.07 Å². The van der Waals surface area contributed by atoms with Gasteiger partial charge in [-0.1, -0.05) is 27.5 Å². The number of pyridine rings is 1. The highest BCUT2D eigenvalue weighted by molar-refractivity contribution is 9.08. The fourth-order valence-electron chi connectivity index (χ4n) is 0.915. The van der Waals surface area contributed by atoms with Crippen molar-refractivity contribution in [1.29, 1.82) is 5.26 Å². The van der Waals surface area contributed by atoms with Gasteiger partial charge in [0.25, 0.3) is 6.43 Å². The van der Waals surface area contributed by atoms with Crippen LogP contribution in [-0.4, -0.2) is 4.98 Å². The Bertz CT molecular complexity index is 390. The third kappa shape index (κ3) is 2.20. The molecule has 1 aromatic heterocycles. The van der Waals surface area contributed by atoms with Crippen LogP contribution in [-0.2, 0) is 5.33 Å². The van der Waals surface area contributed by atoms with Crippen LogP contribution < -0.4 is 0 Å². The topological polar surface area (TPSA) is 36.7 Å². The fourth-order valence-corrected chi connectivity index (χ4v) is 1.57. The molecule has 14 heavy (non-hydrogen) atoms. The first-order chi connectivity index (χ1) is 6.60. The summed E-state index contributed by atoms with van der Waals surface area (Å²) >= 11 is 8.59. The largest absolute Gasteiger partial charge is 0.265 e. The molecule has 0 saturated carbocycles. The average Bonchev–Trinajstić information content (AvgIpc) is 2.17. The summed E-state index contributed by atoms with van der Waals surface area (Å²) in [5.41, 5.74) is -0.141. The number of nitriles is 1. The average molecular weight is 281 g/mol. The zero-order valence-electron chi connectivity index (χ0n) is 6.77. The van der Waals surface area contributed by atoms with Crippen LogP contribution in [0.5, 0.6) is 0 Å². The minimum Gasteiger partial charge on any atom is -0.239 e. The van der Waals surface area contributed by atoms with Crippen LogP contribution in [0.15, 0.2) is 6.07 Å². The van der Waals surface area contributed by atoms with Crippen molar-refractivity contribution >= 4 is 27.5 Å². The van der Waals surface area contributed by atoms with E-state index in [1.807, 2.05) is 0 Å². The molecule has 0 aromatic carbocycles. The van der Waals surface area contributed by atoms with Gasteiger partial charge in [0.05, 0.1) is 10.7 Å². The van der Waals surface area contributed by atoms with Gasteiger partial charge in [0, 0.05) is 10.9 Å². The first-order valence-electron chi connectivity index (χ1n) is 3.53. The maximum absolute atomic E-state index is 12.4. The first kappa shape index (κ1) is 11.3. The zero-order valence-corrected chi connectivity index (χ0v) is 9.11. The fraction of sp³-hybridized carbons (Fsp3) is 0.250. The van der Waals surface area contributed by atoms with Crippen molar-refractivity contribution in [1.82, 2.24) is 4.98 Å². The molecule has 74 valence electrons. The summed E-state index contributed by atoms with van der Waals surface area (Å²) in [7, 11) is 0. The number of hydrogen-bond donors (Lipinski definition) is 0. The third-order valence-electron chi connectivity index (χ3n) is 1.56. The summed E-state index contributed by atoms with van der Waals surface area (Å²) in [6.45, 7) is 0. The number of hydrogen-bond acceptors (Lipinski definition) is 2. The van der Waals surface area contributed by atoms with Crippen LogP contribution in [0.25, 0.3) is 0 Å². The molecule has 1 rings (SSSR count). The third-order valence-corrected chi connectivity index (χ3v) is 2.38. The molecule has 0 bridgehead atoms. The highest BCUT2D eigenvalue weighted by Gasteiger charge is 2.16. The molecule has 0 spiro atoms. The van der Waals surface area contributed by atoms with E-state index in [9.17, 15) is 8.78 Å². The molecule has 0 amide bonds. The van der Waals surface area contributed by atoms with E-state index < -0.39 is 6.43 Å². The van der Waals surface area contributed by atoms with Gasteiger partial charge in [-0.05, 0) is 6.07 Å². The second-order valence-corrected chi connectivity index (χ2v) is 3.37. The van der Waals surface area contributed by atoms with Gasteiger partial charge in [-0.25, -0.2) is 13.8 Å². The van der Waals surface area contributed by atoms with Gasteiger partial charge in [-0.15, -0.1) is 0 Å². The van der Waals surface area contributed by atoms with Crippen molar-refractivity contribution in [2.45, 2.75) is 11.8 Å². The lowest BCUT2D eigenvalue weighted by Gasteiger charge is -2.06. The quantitative estimate of drug-likeness (QED) is 0.779. The van der Waals surface area contributed by atoms with E-state index in [2.05, 4.69) is 20.9 Å². The molecule has 0 fully saturated rings. The van der Waals surface area contributed by atoms with Crippen molar-refractivity contribution in [2.75, 3.05) is 0 Å². The molecule has 2 nitrogen and oxygen atoms in total. The van der Waals surface area contributed by atoms with E-state index in [4.69, 9.17) is 16.9 Å². The Morgan fingerprint density at radius 1 is 1.64 bits per heavy atom. The van der Waals surface area contributed by atoms with Crippen LogP contribution in [0.1, 0.15) is 23.4 Å². The second kappa shape index (κ2) is 4.67. The molecule has 0 aliphatic heterocycles. The van der Waals surface area contributed by atoms with Crippen LogP contribution in [0.4, 0.5) is 8.78 Å². The minimum atomic E-state index is -2.64. The van der Waals surface area contributed by atoms with Gasteiger partial charge in [0.2, 0.25) is 0 Å². The van der Waals surface area contributed by atoms with Crippen molar-refractivity contribution in [2.24, 2.45) is 0 Å². The van der Waals surface area contributed by atoms with Crippen molar-refractivity contribution in [3.05, 3.63) is 28.0 Å². The Hall–Kier alpha value is -0.730. The number of nitrogens with zero attached hydrogens (tertiary/aromatic N) is 2. The molecular weight excluding hydrogens is 277 g/mol. The standard InChI is InChI=1S/C8H4BrClF2N2/c9-2-6-4(8(11)12)1-5(10)7(3-13)14-6/h1,8H,2H2. The molecule has 0 atom stereocenters. The Kier molecular flexibility index (Phi) is 3.78. The van der Waals surface area contributed by atoms with E-state index in [1.165, 1.54) is 0 Å². The Morgan fingerprint density at radius 2 is 2.29 bits per heavy atom. The Balaban J connectivity index is 3.33. The maximum Gasteiger partial charge on any atom is 0.265 e. The number of halogens is 4. The number of rotatable bonds is 2. The van der Waals surface area contributed by atoms with Crippen LogP contribution in [0.3, 0.4) is 0 Å². The molecule has 1 heterocycles. The van der Waals surface area contributed by atoms with Gasteiger partial charge < -0.3 is 0 Å². The zero-order chi connectivity index (χ0) is 10.7. The van der Waals surface area contributed by atoms with Gasteiger partial charge >= 0.3 is 0 Å². The smallest absolute Gasteiger partial charge is 0.239 e. The summed E-state index contributed by atoms with van der Waals surface area (Å²) in [5.74, 6) is 0. The number of aromatic nitrogens is 1. The van der Waals surface area contributed by atoms with E-state index in [-0.39, 0.29) is 27.3 Å². The second-order valence-electron chi connectivity index (χ2n) is 2.40. The summed E-state index contributed by atoms with van der Waals surface area (Å²) in [4.78, 5) is 3.71. The van der Waals surface area contributed by atoms with Crippen molar-refractivity contribution in [3.63, 3.8) is 0 Å². The molecule has 0 N–H and O–H groups in total. The van der Waals surface area contributed by atoms with Crippen molar-refractivity contribution < 1.29 is 8.78 Å². The number of alkyl halides is 3. The summed E-state index contributed by atoms with van der Waals surface area (Å²) < 4.78 is 24.9. The summed E-state index contributed by atoms with van der Waals surface area (Å²) in [6, 6.07) is 2.81.